The fourth-order valence-electron chi connectivity index (χ4n) is 5.39. The van der Waals surface area contributed by atoms with E-state index in [1.807, 2.05) is 11.0 Å². The van der Waals surface area contributed by atoms with Gasteiger partial charge in [0, 0.05) is 25.1 Å². The molecule has 2 fully saturated rings. The number of hydrogen-bond acceptors (Lipinski definition) is 2. The van der Waals surface area contributed by atoms with E-state index < -0.39 is 0 Å². The summed E-state index contributed by atoms with van der Waals surface area (Å²) in [5, 5.41) is 2.33. The summed E-state index contributed by atoms with van der Waals surface area (Å²) in [6.07, 6.45) is 7.61. The van der Waals surface area contributed by atoms with Crippen LogP contribution < -0.4 is 15.1 Å². The van der Waals surface area contributed by atoms with E-state index in [9.17, 15) is 4.79 Å². The maximum atomic E-state index is 13.1. The van der Waals surface area contributed by atoms with Crippen LogP contribution in [0.2, 0.25) is 0 Å². The van der Waals surface area contributed by atoms with E-state index in [0.717, 1.165) is 51.5 Å². The summed E-state index contributed by atoms with van der Waals surface area (Å²) in [7, 11) is 0. The number of hydrogen-bond donors (Lipinski definition) is 2. The van der Waals surface area contributed by atoms with Crippen LogP contribution in [-0.4, -0.2) is 56.9 Å². The molecule has 1 aromatic carbocycles. The number of amides is 1. The standard InChI is InChI=1S/C22H33N3O2/c1-18(21(26)25-12-9-19-7-3-4-8-20(19)25)23-17-22(10-5-2-6-11-22)24-13-15-27-16-14-24/h3-4,7-8,18,23H,2,5-6,9-17H2,1H3/p+2/t18-/m0/s1. The average molecular weight is 374 g/mol. The first-order valence-electron chi connectivity index (χ1n) is 10.9. The second kappa shape index (κ2) is 8.29. The van der Waals surface area contributed by atoms with Gasteiger partial charge in [0.15, 0.2) is 6.04 Å². The van der Waals surface area contributed by atoms with Crippen molar-refractivity contribution in [2.75, 3.05) is 44.3 Å². The number of nitrogens with zero attached hydrogens (tertiary/aromatic N) is 1. The lowest BCUT2D eigenvalue weighted by Gasteiger charge is -2.43. The van der Waals surface area contributed by atoms with E-state index in [1.54, 1.807) is 4.90 Å². The molecule has 27 heavy (non-hydrogen) atoms. The fraction of sp³-hybridized carbons (Fsp3) is 0.682. The van der Waals surface area contributed by atoms with E-state index in [2.05, 4.69) is 30.4 Å². The van der Waals surface area contributed by atoms with Crippen molar-refractivity contribution < 1.29 is 19.7 Å². The highest BCUT2D eigenvalue weighted by atomic mass is 16.5. The van der Waals surface area contributed by atoms with Crippen molar-refractivity contribution in [2.45, 2.75) is 57.0 Å². The van der Waals surface area contributed by atoms with E-state index in [4.69, 9.17) is 4.74 Å². The minimum atomic E-state index is -0.0181. The van der Waals surface area contributed by atoms with Gasteiger partial charge in [0.1, 0.15) is 25.2 Å². The molecule has 1 atom stereocenters. The zero-order valence-corrected chi connectivity index (χ0v) is 16.7. The predicted molar refractivity (Wildman–Crippen MR) is 106 cm³/mol. The molecule has 0 unspecified atom stereocenters. The summed E-state index contributed by atoms with van der Waals surface area (Å²) >= 11 is 0. The van der Waals surface area contributed by atoms with E-state index in [1.165, 1.54) is 37.7 Å². The van der Waals surface area contributed by atoms with Gasteiger partial charge in [-0.1, -0.05) is 24.6 Å². The Bertz CT molecular complexity index is 651. The number of carbonyl (C=O) groups is 1. The minimum Gasteiger partial charge on any atom is -0.370 e. The number of para-hydroxylation sites is 1. The molecule has 3 aliphatic rings. The van der Waals surface area contributed by atoms with Crippen LogP contribution in [0.4, 0.5) is 5.69 Å². The number of quaternary nitrogens is 2. The Labute approximate surface area is 163 Å². The Balaban J connectivity index is 1.41. The quantitative estimate of drug-likeness (QED) is 0.772. The van der Waals surface area contributed by atoms with Crippen LogP contribution in [0.15, 0.2) is 24.3 Å². The van der Waals surface area contributed by atoms with Crippen molar-refractivity contribution in [2.24, 2.45) is 0 Å². The zero-order chi connectivity index (χ0) is 18.7. The van der Waals surface area contributed by atoms with Crippen LogP contribution in [0.1, 0.15) is 44.6 Å². The summed E-state index contributed by atoms with van der Waals surface area (Å²) in [4.78, 5) is 16.9. The van der Waals surface area contributed by atoms with E-state index >= 15 is 0 Å². The molecule has 1 amide bonds. The molecule has 5 heteroatoms. The first kappa shape index (κ1) is 18.9. The van der Waals surface area contributed by atoms with Gasteiger partial charge in [-0.15, -0.1) is 0 Å². The van der Waals surface area contributed by atoms with Crippen molar-refractivity contribution in [3.63, 3.8) is 0 Å². The molecule has 1 aromatic rings. The predicted octanol–water partition coefficient (Wildman–Crippen LogP) is 0.146. The van der Waals surface area contributed by atoms with Crippen molar-refractivity contribution in [3.05, 3.63) is 29.8 Å². The number of anilines is 1. The van der Waals surface area contributed by atoms with Crippen LogP contribution >= 0.6 is 0 Å². The lowest BCUT2D eigenvalue weighted by atomic mass is 9.79. The number of nitrogens with one attached hydrogen (secondary N) is 1. The average Bonchev–Trinajstić information content (AvgIpc) is 3.17. The summed E-state index contributed by atoms with van der Waals surface area (Å²) in [6.45, 7) is 7.99. The highest BCUT2D eigenvalue weighted by Crippen LogP contribution is 2.28. The Kier molecular flexibility index (Phi) is 5.81. The molecule has 2 aliphatic heterocycles. The molecule has 3 N–H and O–H groups in total. The van der Waals surface area contributed by atoms with Crippen LogP contribution in [0, 0.1) is 0 Å². The monoisotopic (exact) mass is 373 g/mol. The van der Waals surface area contributed by atoms with Crippen LogP contribution in [0.5, 0.6) is 0 Å². The number of benzene rings is 1. The molecule has 0 bridgehead atoms. The topological polar surface area (TPSA) is 50.6 Å². The van der Waals surface area contributed by atoms with Crippen LogP contribution in [-0.2, 0) is 16.0 Å². The third-order valence-electron chi connectivity index (χ3n) is 7.06. The van der Waals surface area contributed by atoms with Gasteiger partial charge in [0.05, 0.1) is 13.2 Å². The van der Waals surface area contributed by atoms with Gasteiger partial charge < -0.3 is 19.9 Å². The van der Waals surface area contributed by atoms with Gasteiger partial charge in [-0.25, -0.2) is 0 Å². The molecule has 0 spiro atoms. The van der Waals surface area contributed by atoms with Crippen molar-refractivity contribution in [1.82, 2.24) is 0 Å². The number of carbonyl (C=O) groups excluding carboxylic acids is 1. The molecule has 5 nitrogen and oxygen atoms in total. The Morgan fingerprint density at radius 1 is 1.22 bits per heavy atom. The van der Waals surface area contributed by atoms with Crippen molar-refractivity contribution >= 4 is 11.6 Å². The van der Waals surface area contributed by atoms with Crippen molar-refractivity contribution in [3.8, 4) is 0 Å². The van der Waals surface area contributed by atoms with Gasteiger partial charge in [-0.3, -0.25) is 4.79 Å². The van der Waals surface area contributed by atoms with Gasteiger partial charge >= 0.3 is 0 Å². The molecule has 0 radical (unpaired) electrons. The van der Waals surface area contributed by atoms with Crippen molar-refractivity contribution in [1.29, 1.82) is 0 Å². The smallest absolute Gasteiger partial charge is 0.284 e. The third kappa shape index (κ3) is 3.91. The van der Waals surface area contributed by atoms with E-state index in [0.29, 0.717) is 5.54 Å². The molecule has 0 aromatic heterocycles. The number of ether oxygens (including phenoxy) is 1. The van der Waals surface area contributed by atoms with Crippen LogP contribution in [0.3, 0.4) is 0 Å². The number of morpholine rings is 1. The molecular weight excluding hydrogens is 338 g/mol. The maximum Gasteiger partial charge on any atom is 0.284 e. The highest BCUT2D eigenvalue weighted by molar-refractivity contribution is 5.97. The van der Waals surface area contributed by atoms with E-state index in [-0.39, 0.29) is 11.9 Å². The third-order valence-corrected chi connectivity index (χ3v) is 7.06. The largest absolute Gasteiger partial charge is 0.370 e. The Morgan fingerprint density at radius 3 is 2.74 bits per heavy atom. The second-order valence-electron chi connectivity index (χ2n) is 8.65. The number of nitrogens with two attached hydrogens (primary N) is 1. The summed E-state index contributed by atoms with van der Waals surface area (Å²) in [5.41, 5.74) is 2.76. The summed E-state index contributed by atoms with van der Waals surface area (Å²) in [6, 6.07) is 8.33. The second-order valence-corrected chi connectivity index (χ2v) is 8.65. The zero-order valence-electron chi connectivity index (χ0n) is 16.7. The highest BCUT2D eigenvalue weighted by Gasteiger charge is 2.45. The SMILES string of the molecule is C[C@H]([NH2+]CC1([NH+]2CCOCC2)CCCCC1)C(=O)N1CCc2ccccc21. The normalized spacial score (nSPS) is 23.8. The van der Waals surface area contributed by atoms with Gasteiger partial charge in [-0.05, 0) is 37.8 Å². The molecule has 1 aliphatic carbocycles. The molecule has 4 rings (SSSR count). The summed E-state index contributed by atoms with van der Waals surface area (Å²) < 4.78 is 5.61. The molecule has 2 heterocycles. The lowest BCUT2D eigenvalue weighted by Crippen LogP contribution is -3.25. The van der Waals surface area contributed by atoms with Gasteiger partial charge in [-0.2, -0.15) is 0 Å². The molecular formula is C22H35N3O2+2. The Hall–Kier alpha value is -1.43. The fourth-order valence-corrected chi connectivity index (χ4v) is 5.39. The lowest BCUT2D eigenvalue weighted by molar-refractivity contribution is -0.975. The first-order valence-corrected chi connectivity index (χ1v) is 10.9. The van der Waals surface area contributed by atoms with Gasteiger partial charge in [0.2, 0.25) is 0 Å². The molecule has 1 saturated carbocycles. The number of fused-ring (bicyclic) bond motifs is 1. The number of rotatable bonds is 5. The maximum absolute atomic E-state index is 13.1. The van der Waals surface area contributed by atoms with Gasteiger partial charge in [0.25, 0.3) is 5.91 Å². The first-order chi connectivity index (χ1) is 13.2. The van der Waals surface area contributed by atoms with Crippen LogP contribution in [0.25, 0.3) is 0 Å². The molecule has 148 valence electrons. The molecule has 1 saturated heterocycles. The minimum absolute atomic E-state index is 0.0181. The Morgan fingerprint density at radius 2 is 1.96 bits per heavy atom. The summed E-state index contributed by atoms with van der Waals surface area (Å²) in [5.74, 6) is 0.267.